The zero-order valence-corrected chi connectivity index (χ0v) is 10.9. The molecule has 1 aromatic heterocycles. The van der Waals surface area contributed by atoms with Gasteiger partial charge in [-0.15, -0.1) is 0 Å². The van der Waals surface area contributed by atoms with Crippen LogP contribution in [0.25, 0.3) is 0 Å². The lowest BCUT2D eigenvalue weighted by Crippen LogP contribution is -2.32. The first-order valence-corrected chi connectivity index (χ1v) is 6.26. The van der Waals surface area contributed by atoms with E-state index in [1.54, 1.807) is 0 Å². The largest absolute Gasteiger partial charge is 0.466 e. The normalized spacial score (nSPS) is 24.1. The summed E-state index contributed by atoms with van der Waals surface area (Å²) in [6.45, 7) is 0. The molecule has 2 bridgehead atoms. The Morgan fingerprint density at radius 3 is 1.79 bits per heavy atom. The molecule has 3 aliphatic carbocycles. The Labute approximate surface area is 110 Å². The smallest absolute Gasteiger partial charge is 0.334 e. The fourth-order valence-corrected chi connectivity index (χ4v) is 3.34. The molecule has 0 unspecified atom stereocenters. The van der Waals surface area contributed by atoms with Gasteiger partial charge in [0.1, 0.15) is 0 Å². The maximum absolute atomic E-state index is 12.0. The number of rotatable bonds is 2. The molecule has 1 heterocycles. The van der Waals surface area contributed by atoms with Gasteiger partial charge in [0.05, 0.1) is 25.4 Å². The highest BCUT2D eigenvalue weighted by atomic mass is 16.5. The van der Waals surface area contributed by atoms with E-state index in [-0.39, 0.29) is 11.8 Å². The highest BCUT2D eigenvalue weighted by molar-refractivity contribution is 6.04. The van der Waals surface area contributed by atoms with Crippen molar-refractivity contribution in [3.05, 3.63) is 34.7 Å². The number of fused-ring (bicyclic) bond motifs is 1. The van der Waals surface area contributed by atoms with Crippen LogP contribution in [0.4, 0.5) is 0 Å². The van der Waals surface area contributed by atoms with Gasteiger partial charge < -0.3 is 14.5 Å². The standard InChI is InChI=1S/C14H15NO4/c1-18-13(16)11-7-3-4-8(12(11)14(17)19-2)10-6-15-5-9(7)10/h5-8,15H,3-4H2,1-2H3/t7-,8+. The van der Waals surface area contributed by atoms with E-state index in [1.165, 1.54) is 14.2 Å². The Morgan fingerprint density at radius 2 is 1.42 bits per heavy atom. The molecular weight excluding hydrogens is 246 g/mol. The van der Waals surface area contributed by atoms with Crippen molar-refractivity contribution >= 4 is 11.9 Å². The number of carbonyl (C=O) groups is 2. The average Bonchev–Trinajstić information content (AvgIpc) is 2.96. The van der Waals surface area contributed by atoms with Gasteiger partial charge in [-0.05, 0) is 24.0 Å². The first kappa shape index (κ1) is 12.0. The van der Waals surface area contributed by atoms with E-state index in [0.29, 0.717) is 11.1 Å². The van der Waals surface area contributed by atoms with Gasteiger partial charge in [-0.1, -0.05) is 0 Å². The van der Waals surface area contributed by atoms with E-state index < -0.39 is 11.9 Å². The van der Waals surface area contributed by atoms with Crippen LogP contribution in [0.2, 0.25) is 0 Å². The van der Waals surface area contributed by atoms with Crippen LogP contribution in [0.3, 0.4) is 0 Å². The third-order valence-corrected chi connectivity index (χ3v) is 4.10. The van der Waals surface area contributed by atoms with Gasteiger partial charge in [0, 0.05) is 24.2 Å². The molecule has 1 aromatic rings. The molecule has 0 amide bonds. The Balaban J connectivity index is 2.19. The van der Waals surface area contributed by atoms with Crippen molar-refractivity contribution in [3.63, 3.8) is 0 Å². The molecule has 19 heavy (non-hydrogen) atoms. The third-order valence-electron chi connectivity index (χ3n) is 4.10. The second-order valence-corrected chi connectivity index (χ2v) is 4.86. The molecule has 100 valence electrons. The van der Waals surface area contributed by atoms with Crippen LogP contribution in [0.15, 0.2) is 23.5 Å². The number of aromatic nitrogens is 1. The van der Waals surface area contributed by atoms with Crippen LogP contribution in [0, 0.1) is 0 Å². The van der Waals surface area contributed by atoms with E-state index in [1.807, 2.05) is 12.4 Å². The molecule has 0 saturated heterocycles. The Morgan fingerprint density at radius 1 is 1.00 bits per heavy atom. The molecule has 0 aliphatic heterocycles. The Bertz CT molecular complexity index is 536. The molecule has 5 nitrogen and oxygen atoms in total. The first-order valence-electron chi connectivity index (χ1n) is 6.26. The summed E-state index contributed by atoms with van der Waals surface area (Å²) in [5, 5.41) is 0. The predicted octanol–water partition coefficient (Wildman–Crippen LogP) is 1.63. The number of ether oxygens (including phenoxy) is 2. The summed E-state index contributed by atoms with van der Waals surface area (Å²) < 4.78 is 9.69. The zero-order valence-electron chi connectivity index (χ0n) is 10.9. The van der Waals surface area contributed by atoms with Crippen molar-refractivity contribution in [1.82, 2.24) is 4.98 Å². The SMILES string of the molecule is COC(=O)C1=C(C(=O)OC)[C@@H]2CC[C@H]1c1c[nH]cc12. The van der Waals surface area contributed by atoms with Gasteiger partial charge in [-0.25, -0.2) is 9.59 Å². The molecule has 0 saturated carbocycles. The van der Waals surface area contributed by atoms with Gasteiger partial charge in [-0.3, -0.25) is 0 Å². The fourth-order valence-electron chi connectivity index (χ4n) is 3.34. The quantitative estimate of drug-likeness (QED) is 0.822. The lowest BCUT2D eigenvalue weighted by atomic mass is 9.65. The minimum absolute atomic E-state index is 0.0622. The van der Waals surface area contributed by atoms with Crippen molar-refractivity contribution in [2.24, 2.45) is 0 Å². The van der Waals surface area contributed by atoms with Crippen molar-refractivity contribution in [3.8, 4) is 0 Å². The highest BCUT2D eigenvalue weighted by Gasteiger charge is 2.45. The molecule has 0 radical (unpaired) electrons. The molecular formula is C14H15NO4. The number of aromatic amines is 1. The molecule has 2 atom stereocenters. The molecule has 0 spiro atoms. The average molecular weight is 261 g/mol. The van der Waals surface area contributed by atoms with Crippen LogP contribution < -0.4 is 0 Å². The zero-order chi connectivity index (χ0) is 13.6. The Hall–Kier alpha value is -2.04. The number of hydrogen-bond acceptors (Lipinski definition) is 4. The molecule has 1 N–H and O–H groups in total. The molecule has 4 rings (SSSR count). The molecule has 5 heteroatoms. The Kier molecular flexibility index (Phi) is 2.69. The van der Waals surface area contributed by atoms with E-state index in [2.05, 4.69) is 4.98 Å². The van der Waals surface area contributed by atoms with Gasteiger partial charge in [0.15, 0.2) is 0 Å². The second-order valence-electron chi connectivity index (χ2n) is 4.86. The summed E-state index contributed by atoms with van der Waals surface area (Å²) in [6, 6.07) is 0. The lowest BCUT2D eigenvalue weighted by molar-refractivity contribution is -0.140. The van der Waals surface area contributed by atoms with Crippen LogP contribution in [0.1, 0.15) is 35.8 Å². The van der Waals surface area contributed by atoms with Crippen LogP contribution in [-0.2, 0) is 19.1 Å². The highest BCUT2D eigenvalue weighted by Crippen LogP contribution is 2.53. The van der Waals surface area contributed by atoms with Crippen molar-refractivity contribution in [2.45, 2.75) is 24.7 Å². The number of esters is 2. The molecule has 0 fully saturated rings. The van der Waals surface area contributed by atoms with Crippen molar-refractivity contribution < 1.29 is 19.1 Å². The van der Waals surface area contributed by atoms with E-state index in [9.17, 15) is 9.59 Å². The van der Waals surface area contributed by atoms with Crippen LogP contribution in [-0.4, -0.2) is 31.1 Å². The lowest BCUT2D eigenvalue weighted by Gasteiger charge is -2.37. The minimum atomic E-state index is -0.429. The monoisotopic (exact) mass is 261 g/mol. The van der Waals surface area contributed by atoms with Gasteiger partial charge >= 0.3 is 11.9 Å². The number of H-pyrrole nitrogens is 1. The summed E-state index contributed by atoms with van der Waals surface area (Å²) in [7, 11) is 2.68. The van der Waals surface area contributed by atoms with Crippen LogP contribution >= 0.6 is 0 Å². The van der Waals surface area contributed by atoms with Crippen molar-refractivity contribution in [2.75, 3.05) is 14.2 Å². The number of nitrogens with one attached hydrogen (secondary N) is 1. The summed E-state index contributed by atoms with van der Waals surface area (Å²) >= 11 is 0. The summed E-state index contributed by atoms with van der Waals surface area (Å²) in [6.07, 6.45) is 5.53. The van der Waals surface area contributed by atoms with E-state index in [4.69, 9.17) is 9.47 Å². The minimum Gasteiger partial charge on any atom is -0.466 e. The first-order chi connectivity index (χ1) is 9.19. The molecule has 0 aromatic carbocycles. The summed E-state index contributed by atoms with van der Waals surface area (Å²) in [5.74, 6) is -0.982. The number of carbonyl (C=O) groups excluding carboxylic acids is 2. The summed E-state index contributed by atoms with van der Waals surface area (Å²) in [5.41, 5.74) is 3.14. The molecule has 3 aliphatic rings. The van der Waals surface area contributed by atoms with Gasteiger partial charge in [-0.2, -0.15) is 0 Å². The topological polar surface area (TPSA) is 68.4 Å². The van der Waals surface area contributed by atoms with E-state index in [0.717, 1.165) is 24.0 Å². The van der Waals surface area contributed by atoms with Gasteiger partial charge in [0.2, 0.25) is 0 Å². The fraction of sp³-hybridized carbons (Fsp3) is 0.429. The predicted molar refractivity (Wildman–Crippen MR) is 66.6 cm³/mol. The second kappa shape index (κ2) is 4.26. The summed E-state index contributed by atoms with van der Waals surface area (Å²) in [4.78, 5) is 27.1. The van der Waals surface area contributed by atoms with Crippen molar-refractivity contribution in [1.29, 1.82) is 0 Å². The maximum atomic E-state index is 12.0. The number of methoxy groups -OCH3 is 2. The third kappa shape index (κ3) is 1.54. The van der Waals surface area contributed by atoms with E-state index >= 15 is 0 Å². The van der Waals surface area contributed by atoms with Crippen LogP contribution in [0.5, 0.6) is 0 Å². The van der Waals surface area contributed by atoms with Gasteiger partial charge in [0.25, 0.3) is 0 Å². The maximum Gasteiger partial charge on any atom is 0.334 e. The number of hydrogen-bond donors (Lipinski definition) is 1.